The molecule has 0 spiro atoms. The van der Waals surface area contributed by atoms with Crippen molar-refractivity contribution in [2.75, 3.05) is 30.1 Å². The van der Waals surface area contributed by atoms with Crippen molar-refractivity contribution in [2.24, 2.45) is 0 Å². The molecule has 0 unspecified atom stereocenters. The second-order valence-electron chi connectivity index (χ2n) is 8.53. The van der Waals surface area contributed by atoms with Crippen LogP contribution in [0.25, 0.3) is 0 Å². The summed E-state index contributed by atoms with van der Waals surface area (Å²) in [5.41, 5.74) is 0.650. The Hall–Kier alpha value is -1.09. The maximum Gasteiger partial charge on any atom is 0.494 e. The standard InChI is InChI=1S/C19H31BN2O4S/c1-18(2)19(3,4)26-20(25-18)16-8-10-17(11-9-16)21-27(23,24)15-14-22-12-6-5-7-13-22/h8-11,21H,5-7,12-15H2,1-4H3. The predicted octanol–water partition coefficient (Wildman–Crippen LogP) is 2.21. The van der Waals surface area contributed by atoms with Crippen molar-refractivity contribution < 1.29 is 17.7 Å². The molecule has 2 fully saturated rings. The Morgan fingerprint density at radius 3 is 2.11 bits per heavy atom. The number of anilines is 1. The Balaban J connectivity index is 1.57. The average Bonchev–Trinajstić information content (AvgIpc) is 2.82. The number of hydrogen-bond acceptors (Lipinski definition) is 5. The Morgan fingerprint density at radius 2 is 1.56 bits per heavy atom. The first kappa shape index (κ1) is 20.6. The van der Waals surface area contributed by atoms with Crippen molar-refractivity contribution in [2.45, 2.75) is 58.2 Å². The van der Waals surface area contributed by atoms with E-state index < -0.39 is 28.3 Å². The molecule has 6 nitrogen and oxygen atoms in total. The van der Waals surface area contributed by atoms with Crippen LogP contribution in [0.15, 0.2) is 24.3 Å². The molecule has 2 heterocycles. The van der Waals surface area contributed by atoms with Gasteiger partial charge in [-0.25, -0.2) is 8.42 Å². The first-order valence-electron chi connectivity index (χ1n) is 9.76. The predicted molar refractivity (Wildman–Crippen MR) is 110 cm³/mol. The molecule has 0 radical (unpaired) electrons. The van der Waals surface area contributed by atoms with Gasteiger partial charge in [-0.1, -0.05) is 18.6 Å². The zero-order valence-electron chi connectivity index (χ0n) is 16.8. The van der Waals surface area contributed by atoms with Crippen LogP contribution >= 0.6 is 0 Å². The SMILES string of the molecule is CC1(C)OB(c2ccc(NS(=O)(=O)CCN3CCCCC3)cc2)OC1(C)C. The molecule has 0 bridgehead atoms. The lowest BCUT2D eigenvalue weighted by molar-refractivity contribution is 0.00578. The number of piperidine rings is 1. The van der Waals surface area contributed by atoms with Crippen LogP contribution in [0.3, 0.4) is 0 Å². The van der Waals surface area contributed by atoms with Crippen LogP contribution in [0.4, 0.5) is 5.69 Å². The average molecular weight is 394 g/mol. The smallest absolute Gasteiger partial charge is 0.399 e. The zero-order chi connectivity index (χ0) is 19.7. The molecule has 27 heavy (non-hydrogen) atoms. The van der Waals surface area contributed by atoms with E-state index in [1.807, 2.05) is 39.8 Å². The van der Waals surface area contributed by atoms with Gasteiger partial charge >= 0.3 is 7.12 Å². The fourth-order valence-corrected chi connectivity index (χ4v) is 4.45. The summed E-state index contributed by atoms with van der Waals surface area (Å²) in [6.45, 7) is 10.6. The molecule has 1 N–H and O–H groups in total. The highest BCUT2D eigenvalue weighted by Crippen LogP contribution is 2.36. The number of likely N-dealkylation sites (tertiary alicyclic amines) is 1. The van der Waals surface area contributed by atoms with Gasteiger partial charge in [0.05, 0.1) is 17.0 Å². The molecule has 3 rings (SSSR count). The molecule has 0 atom stereocenters. The molecular formula is C19H31BN2O4S. The van der Waals surface area contributed by atoms with Gasteiger partial charge in [0.25, 0.3) is 0 Å². The van der Waals surface area contributed by atoms with Gasteiger partial charge in [-0.2, -0.15) is 0 Å². The summed E-state index contributed by atoms with van der Waals surface area (Å²) in [4.78, 5) is 2.23. The highest BCUT2D eigenvalue weighted by atomic mass is 32.2. The third-order valence-electron chi connectivity index (χ3n) is 5.83. The summed E-state index contributed by atoms with van der Waals surface area (Å²) in [6, 6.07) is 7.23. The van der Waals surface area contributed by atoms with Gasteiger partial charge in [-0.05, 0) is 71.2 Å². The molecule has 2 aliphatic rings. The molecule has 1 aromatic rings. The van der Waals surface area contributed by atoms with Crippen molar-refractivity contribution in [1.29, 1.82) is 0 Å². The minimum Gasteiger partial charge on any atom is -0.399 e. The fourth-order valence-electron chi connectivity index (χ4n) is 3.35. The maximum absolute atomic E-state index is 12.4. The first-order valence-corrected chi connectivity index (χ1v) is 11.4. The van der Waals surface area contributed by atoms with E-state index in [2.05, 4.69) is 9.62 Å². The Bertz CT molecular complexity index is 727. The second kappa shape index (κ2) is 7.74. The molecular weight excluding hydrogens is 363 g/mol. The highest BCUT2D eigenvalue weighted by molar-refractivity contribution is 7.92. The van der Waals surface area contributed by atoms with Crippen LogP contribution in [-0.4, -0.2) is 57.0 Å². The largest absolute Gasteiger partial charge is 0.494 e. The van der Waals surface area contributed by atoms with E-state index in [0.717, 1.165) is 31.4 Å². The lowest BCUT2D eigenvalue weighted by Crippen LogP contribution is -2.41. The van der Waals surface area contributed by atoms with E-state index in [4.69, 9.17) is 9.31 Å². The maximum atomic E-state index is 12.4. The number of nitrogens with one attached hydrogen (secondary N) is 1. The summed E-state index contributed by atoms with van der Waals surface area (Å²) in [7, 11) is -3.80. The molecule has 2 aliphatic heterocycles. The third-order valence-corrected chi connectivity index (χ3v) is 7.10. The van der Waals surface area contributed by atoms with E-state index in [1.165, 1.54) is 6.42 Å². The van der Waals surface area contributed by atoms with Crippen LogP contribution in [0.5, 0.6) is 0 Å². The van der Waals surface area contributed by atoms with E-state index in [1.54, 1.807) is 12.1 Å². The number of sulfonamides is 1. The molecule has 0 aliphatic carbocycles. The van der Waals surface area contributed by atoms with Crippen LogP contribution in [0, 0.1) is 0 Å². The zero-order valence-corrected chi connectivity index (χ0v) is 17.6. The lowest BCUT2D eigenvalue weighted by Gasteiger charge is -2.32. The molecule has 0 amide bonds. The Kier molecular flexibility index (Phi) is 5.92. The quantitative estimate of drug-likeness (QED) is 0.750. The van der Waals surface area contributed by atoms with E-state index in [9.17, 15) is 8.42 Å². The molecule has 2 saturated heterocycles. The third kappa shape index (κ3) is 5.05. The van der Waals surface area contributed by atoms with Gasteiger partial charge in [0.1, 0.15) is 0 Å². The number of hydrogen-bond donors (Lipinski definition) is 1. The Labute approximate surface area is 163 Å². The number of benzene rings is 1. The summed E-state index contributed by atoms with van der Waals surface area (Å²) >= 11 is 0. The van der Waals surface area contributed by atoms with E-state index in [-0.39, 0.29) is 5.75 Å². The normalized spacial score (nSPS) is 22.7. The molecule has 8 heteroatoms. The minimum absolute atomic E-state index is 0.117. The van der Waals surface area contributed by atoms with Crippen LogP contribution in [0.2, 0.25) is 0 Å². The van der Waals surface area contributed by atoms with Gasteiger partial charge in [0.2, 0.25) is 10.0 Å². The lowest BCUT2D eigenvalue weighted by atomic mass is 9.79. The number of rotatable bonds is 6. The van der Waals surface area contributed by atoms with E-state index in [0.29, 0.717) is 12.2 Å². The summed E-state index contributed by atoms with van der Waals surface area (Å²) < 4.78 is 39.5. The topological polar surface area (TPSA) is 67.9 Å². The van der Waals surface area contributed by atoms with Crippen molar-refractivity contribution in [3.63, 3.8) is 0 Å². The van der Waals surface area contributed by atoms with Crippen molar-refractivity contribution in [1.82, 2.24) is 4.90 Å². The second-order valence-corrected chi connectivity index (χ2v) is 10.4. The van der Waals surface area contributed by atoms with Gasteiger partial charge < -0.3 is 14.2 Å². The highest BCUT2D eigenvalue weighted by Gasteiger charge is 2.51. The van der Waals surface area contributed by atoms with Crippen LogP contribution in [0.1, 0.15) is 47.0 Å². The molecule has 150 valence electrons. The van der Waals surface area contributed by atoms with Gasteiger partial charge in [0.15, 0.2) is 0 Å². The fraction of sp³-hybridized carbons (Fsp3) is 0.684. The van der Waals surface area contributed by atoms with E-state index >= 15 is 0 Å². The summed E-state index contributed by atoms with van der Waals surface area (Å²) in [6.07, 6.45) is 3.57. The Morgan fingerprint density at radius 1 is 1.00 bits per heavy atom. The minimum atomic E-state index is -3.36. The van der Waals surface area contributed by atoms with Crippen molar-refractivity contribution >= 4 is 28.3 Å². The van der Waals surface area contributed by atoms with Crippen molar-refractivity contribution in [3.05, 3.63) is 24.3 Å². The van der Waals surface area contributed by atoms with Crippen LogP contribution < -0.4 is 10.2 Å². The monoisotopic (exact) mass is 394 g/mol. The molecule has 0 aromatic heterocycles. The van der Waals surface area contributed by atoms with Crippen LogP contribution in [-0.2, 0) is 19.3 Å². The molecule has 1 aromatic carbocycles. The van der Waals surface area contributed by atoms with Gasteiger partial charge in [0, 0.05) is 12.2 Å². The summed E-state index contributed by atoms with van der Waals surface area (Å²) in [5.74, 6) is 0.117. The number of nitrogens with zero attached hydrogens (tertiary/aromatic N) is 1. The molecule has 0 saturated carbocycles. The van der Waals surface area contributed by atoms with Gasteiger partial charge in [-0.15, -0.1) is 0 Å². The first-order chi connectivity index (χ1) is 12.6. The van der Waals surface area contributed by atoms with Gasteiger partial charge in [-0.3, -0.25) is 4.72 Å². The van der Waals surface area contributed by atoms with Crippen molar-refractivity contribution in [3.8, 4) is 0 Å². The summed E-state index contributed by atoms with van der Waals surface area (Å²) in [5, 5.41) is 0.